The van der Waals surface area contributed by atoms with Crippen LogP contribution in [0.4, 0.5) is 14.5 Å². The molecule has 3 aromatic rings. The van der Waals surface area contributed by atoms with Crippen LogP contribution in [0.5, 0.6) is 5.75 Å². The third kappa shape index (κ3) is 3.43. The number of amides is 1. The largest absolute Gasteiger partial charge is 0.433 e. The second kappa shape index (κ2) is 6.52. The second-order valence-electron chi connectivity index (χ2n) is 4.62. The molecule has 0 radical (unpaired) electrons. The lowest BCUT2D eigenvalue weighted by atomic mass is 10.1. The molecule has 2 aromatic carbocycles. The summed E-state index contributed by atoms with van der Waals surface area (Å²) in [5.41, 5.74) is 0.950. The Morgan fingerprint density at radius 3 is 2.74 bits per heavy atom. The highest BCUT2D eigenvalue weighted by Crippen LogP contribution is 2.30. The van der Waals surface area contributed by atoms with Gasteiger partial charge in [0.15, 0.2) is 0 Å². The van der Waals surface area contributed by atoms with E-state index in [2.05, 4.69) is 10.1 Å². The van der Waals surface area contributed by atoms with E-state index in [9.17, 15) is 13.6 Å². The van der Waals surface area contributed by atoms with E-state index in [-0.39, 0.29) is 16.7 Å². The Labute approximate surface area is 139 Å². The van der Waals surface area contributed by atoms with Crippen LogP contribution in [0.25, 0.3) is 10.1 Å². The lowest BCUT2D eigenvalue weighted by Crippen LogP contribution is -2.11. The van der Waals surface area contributed by atoms with Crippen LogP contribution < -0.4 is 10.1 Å². The number of ether oxygens (including phenoxy) is 1. The summed E-state index contributed by atoms with van der Waals surface area (Å²) in [7, 11) is 0. The molecule has 0 aliphatic heterocycles. The van der Waals surface area contributed by atoms with E-state index in [1.54, 1.807) is 5.38 Å². The first-order valence-electron chi connectivity index (χ1n) is 6.56. The third-order valence-corrected chi connectivity index (χ3v) is 4.39. The fraction of sp³-hybridized carbons (Fsp3) is 0.0625. The van der Waals surface area contributed by atoms with Crippen LogP contribution in [-0.4, -0.2) is 12.5 Å². The summed E-state index contributed by atoms with van der Waals surface area (Å²) in [4.78, 5) is 12.4. The summed E-state index contributed by atoms with van der Waals surface area (Å²) >= 11 is 7.34. The molecule has 3 rings (SSSR count). The number of rotatable bonds is 4. The van der Waals surface area contributed by atoms with Gasteiger partial charge in [0.2, 0.25) is 0 Å². The first-order chi connectivity index (χ1) is 11.0. The van der Waals surface area contributed by atoms with E-state index in [1.807, 2.05) is 24.3 Å². The Kier molecular flexibility index (Phi) is 4.45. The Morgan fingerprint density at radius 2 is 2.00 bits per heavy atom. The SMILES string of the molecule is O=C(Nc1ccc(OC(F)F)c(Cl)c1)c1csc2ccccc12. The Hall–Kier alpha value is -2.18. The average molecular weight is 354 g/mol. The third-order valence-electron chi connectivity index (χ3n) is 3.13. The minimum Gasteiger partial charge on any atom is -0.433 e. The van der Waals surface area contributed by atoms with Crippen LogP contribution in [0.1, 0.15) is 10.4 Å². The number of hydrogen-bond acceptors (Lipinski definition) is 3. The van der Waals surface area contributed by atoms with Gasteiger partial charge in [-0.25, -0.2) is 0 Å². The standard InChI is InChI=1S/C16H10ClF2NO2S/c17-12-7-9(5-6-13(12)22-16(18)19)20-15(21)11-8-23-14-4-2-1-3-10(11)14/h1-8,16H,(H,20,21). The van der Waals surface area contributed by atoms with E-state index >= 15 is 0 Å². The zero-order valence-electron chi connectivity index (χ0n) is 11.6. The first kappa shape index (κ1) is 15.7. The number of halogens is 3. The fourth-order valence-corrected chi connectivity index (χ4v) is 3.29. The molecule has 0 unspecified atom stereocenters. The van der Waals surface area contributed by atoms with Crippen LogP contribution >= 0.6 is 22.9 Å². The van der Waals surface area contributed by atoms with E-state index in [4.69, 9.17) is 11.6 Å². The lowest BCUT2D eigenvalue weighted by molar-refractivity contribution is -0.0497. The van der Waals surface area contributed by atoms with Gasteiger partial charge in [0.05, 0.1) is 10.6 Å². The summed E-state index contributed by atoms with van der Waals surface area (Å²) in [6.45, 7) is -2.95. The molecule has 0 aliphatic carbocycles. The van der Waals surface area contributed by atoms with Gasteiger partial charge in [0.1, 0.15) is 5.75 Å². The van der Waals surface area contributed by atoms with Crippen molar-refractivity contribution in [3.63, 3.8) is 0 Å². The molecule has 118 valence electrons. The van der Waals surface area contributed by atoms with Crippen LogP contribution in [-0.2, 0) is 0 Å². The van der Waals surface area contributed by atoms with Gasteiger partial charge in [-0.05, 0) is 24.3 Å². The number of thiophene rings is 1. The minimum atomic E-state index is -2.95. The monoisotopic (exact) mass is 353 g/mol. The number of alkyl halides is 2. The molecule has 7 heteroatoms. The van der Waals surface area contributed by atoms with Crippen molar-refractivity contribution in [3.05, 3.63) is 58.4 Å². The molecule has 1 amide bonds. The lowest BCUT2D eigenvalue weighted by Gasteiger charge is -2.09. The predicted molar refractivity (Wildman–Crippen MR) is 87.9 cm³/mol. The summed E-state index contributed by atoms with van der Waals surface area (Å²) in [6.07, 6.45) is 0. The van der Waals surface area contributed by atoms with Gasteiger partial charge in [0.25, 0.3) is 5.91 Å². The van der Waals surface area contributed by atoms with Gasteiger partial charge in [0, 0.05) is 21.2 Å². The van der Waals surface area contributed by atoms with Gasteiger partial charge >= 0.3 is 6.61 Å². The normalized spacial score (nSPS) is 11.0. The number of hydrogen-bond donors (Lipinski definition) is 1. The highest BCUT2D eigenvalue weighted by atomic mass is 35.5. The average Bonchev–Trinajstić information content (AvgIpc) is 2.94. The molecule has 0 atom stereocenters. The van der Waals surface area contributed by atoms with Crippen molar-refractivity contribution in [2.24, 2.45) is 0 Å². The maximum atomic E-state index is 12.4. The van der Waals surface area contributed by atoms with Crippen LogP contribution in [0.3, 0.4) is 0 Å². The topological polar surface area (TPSA) is 38.3 Å². The van der Waals surface area contributed by atoms with Crippen molar-refractivity contribution < 1.29 is 18.3 Å². The van der Waals surface area contributed by atoms with Crippen LogP contribution in [0.2, 0.25) is 5.02 Å². The molecule has 1 N–H and O–H groups in total. The van der Waals surface area contributed by atoms with Crippen molar-refractivity contribution in [2.75, 3.05) is 5.32 Å². The zero-order chi connectivity index (χ0) is 16.4. The maximum absolute atomic E-state index is 12.4. The predicted octanol–water partition coefficient (Wildman–Crippen LogP) is 5.41. The smallest absolute Gasteiger partial charge is 0.387 e. The molecule has 0 aliphatic rings. The van der Waals surface area contributed by atoms with Gasteiger partial charge in [-0.2, -0.15) is 8.78 Å². The summed E-state index contributed by atoms with van der Waals surface area (Å²) in [6, 6.07) is 11.7. The number of nitrogens with one attached hydrogen (secondary N) is 1. The molecule has 0 fully saturated rings. The van der Waals surface area contributed by atoms with Crippen LogP contribution in [0.15, 0.2) is 47.8 Å². The molecule has 1 heterocycles. The van der Waals surface area contributed by atoms with Crippen molar-refractivity contribution in [3.8, 4) is 5.75 Å². The Bertz CT molecular complexity index is 866. The van der Waals surface area contributed by atoms with Gasteiger partial charge in [-0.1, -0.05) is 29.8 Å². The molecular weight excluding hydrogens is 344 g/mol. The van der Waals surface area contributed by atoms with E-state index in [0.717, 1.165) is 10.1 Å². The highest BCUT2D eigenvalue weighted by Gasteiger charge is 2.14. The molecule has 3 nitrogen and oxygen atoms in total. The quantitative estimate of drug-likeness (QED) is 0.681. The minimum absolute atomic E-state index is 0.00160. The second-order valence-corrected chi connectivity index (χ2v) is 5.94. The number of fused-ring (bicyclic) bond motifs is 1. The molecule has 1 aromatic heterocycles. The number of anilines is 1. The summed E-state index contributed by atoms with van der Waals surface area (Å²) in [5.74, 6) is -0.429. The van der Waals surface area contributed by atoms with Gasteiger partial charge in [-0.3, -0.25) is 4.79 Å². The first-order valence-corrected chi connectivity index (χ1v) is 7.82. The van der Waals surface area contributed by atoms with E-state index in [0.29, 0.717) is 11.3 Å². The Morgan fingerprint density at radius 1 is 1.22 bits per heavy atom. The van der Waals surface area contributed by atoms with E-state index < -0.39 is 6.61 Å². The zero-order valence-corrected chi connectivity index (χ0v) is 13.1. The van der Waals surface area contributed by atoms with Crippen LogP contribution in [0, 0.1) is 0 Å². The maximum Gasteiger partial charge on any atom is 0.387 e. The van der Waals surface area contributed by atoms with E-state index in [1.165, 1.54) is 29.5 Å². The van der Waals surface area contributed by atoms with Crippen molar-refractivity contribution in [2.45, 2.75) is 6.61 Å². The number of carbonyl (C=O) groups excluding carboxylic acids is 1. The molecular formula is C16H10ClF2NO2S. The fourth-order valence-electron chi connectivity index (χ4n) is 2.12. The molecule has 0 saturated carbocycles. The van der Waals surface area contributed by atoms with Gasteiger partial charge < -0.3 is 10.1 Å². The number of carbonyl (C=O) groups is 1. The molecule has 0 bridgehead atoms. The molecule has 0 spiro atoms. The van der Waals surface area contributed by atoms with Crippen molar-refractivity contribution >= 4 is 44.6 Å². The number of benzene rings is 2. The summed E-state index contributed by atoms with van der Waals surface area (Å²) in [5, 5.41) is 5.33. The molecule has 23 heavy (non-hydrogen) atoms. The van der Waals surface area contributed by atoms with Crippen molar-refractivity contribution in [1.29, 1.82) is 0 Å². The molecule has 0 saturated heterocycles. The van der Waals surface area contributed by atoms with Gasteiger partial charge in [-0.15, -0.1) is 11.3 Å². The Balaban J connectivity index is 1.81. The van der Waals surface area contributed by atoms with Crippen molar-refractivity contribution in [1.82, 2.24) is 0 Å². The summed E-state index contributed by atoms with van der Waals surface area (Å²) < 4.78 is 29.7. The highest BCUT2D eigenvalue weighted by molar-refractivity contribution is 7.17.